The van der Waals surface area contributed by atoms with Crippen LogP contribution < -0.4 is 10.1 Å². The number of hydrogen-bond acceptors (Lipinski definition) is 3. The molecular weight excluding hydrogens is 236 g/mol. The van der Waals surface area contributed by atoms with Gasteiger partial charge >= 0.3 is 0 Å². The highest BCUT2D eigenvalue weighted by Gasteiger charge is 2.20. The fraction of sp³-hybridized carbons (Fsp3) is 0.625. The summed E-state index contributed by atoms with van der Waals surface area (Å²) in [5, 5.41) is 3.57. The number of para-hydroxylation sites is 1. The molecule has 1 unspecified atom stereocenters. The van der Waals surface area contributed by atoms with Crippen LogP contribution in [0.15, 0.2) is 24.3 Å². The molecule has 0 radical (unpaired) electrons. The molecule has 0 aliphatic carbocycles. The number of nitrogens with zero attached hydrogens (tertiary/aromatic N) is 1. The Labute approximate surface area is 116 Å². The molecule has 0 saturated carbocycles. The molecule has 1 aliphatic heterocycles. The van der Waals surface area contributed by atoms with Crippen LogP contribution in [0.25, 0.3) is 0 Å². The SMILES string of the molecule is CC(C)Oc1ccccc1CNCC1CCCN1C. The minimum Gasteiger partial charge on any atom is -0.491 e. The zero-order valence-electron chi connectivity index (χ0n) is 12.4. The van der Waals surface area contributed by atoms with Crippen molar-refractivity contribution in [1.29, 1.82) is 0 Å². The summed E-state index contributed by atoms with van der Waals surface area (Å²) < 4.78 is 5.84. The van der Waals surface area contributed by atoms with Crippen molar-refractivity contribution < 1.29 is 4.74 Å². The van der Waals surface area contributed by atoms with E-state index in [2.05, 4.69) is 49.3 Å². The summed E-state index contributed by atoms with van der Waals surface area (Å²) >= 11 is 0. The third-order valence-electron chi connectivity index (χ3n) is 3.70. The molecule has 0 aromatic heterocycles. The normalized spacial score (nSPS) is 20.1. The molecule has 0 amide bonds. The number of ether oxygens (including phenoxy) is 1. The Hall–Kier alpha value is -1.06. The van der Waals surface area contributed by atoms with E-state index in [0.717, 1.165) is 18.8 Å². The van der Waals surface area contributed by atoms with Crippen molar-refractivity contribution in [2.75, 3.05) is 20.1 Å². The summed E-state index contributed by atoms with van der Waals surface area (Å²) in [5.74, 6) is 1.00. The fourth-order valence-electron chi connectivity index (χ4n) is 2.63. The number of nitrogens with one attached hydrogen (secondary N) is 1. The predicted octanol–water partition coefficient (Wildman–Crippen LogP) is 2.66. The maximum Gasteiger partial charge on any atom is 0.124 e. The molecule has 1 aromatic rings. The first-order chi connectivity index (χ1) is 9.16. The quantitative estimate of drug-likeness (QED) is 0.853. The monoisotopic (exact) mass is 262 g/mol. The summed E-state index contributed by atoms with van der Waals surface area (Å²) in [4.78, 5) is 2.45. The van der Waals surface area contributed by atoms with Crippen LogP contribution in [0, 0.1) is 0 Å². The van der Waals surface area contributed by atoms with Crippen molar-refractivity contribution in [3.05, 3.63) is 29.8 Å². The van der Waals surface area contributed by atoms with Gasteiger partial charge in [-0.15, -0.1) is 0 Å². The molecule has 1 saturated heterocycles. The Morgan fingerprint density at radius 2 is 2.16 bits per heavy atom. The van der Waals surface area contributed by atoms with E-state index >= 15 is 0 Å². The van der Waals surface area contributed by atoms with Gasteiger partial charge in [-0.1, -0.05) is 18.2 Å². The molecule has 0 spiro atoms. The first kappa shape index (κ1) is 14.4. The summed E-state index contributed by atoms with van der Waals surface area (Å²) in [6, 6.07) is 9.00. The molecule has 1 atom stereocenters. The second-order valence-electron chi connectivity index (χ2n) is 5.68. The lowest BCUT2D eigenvalue weighted by atomic mass is 10.2. The van der Waals surface area contributed by atoms with E-state index in [1.54, 1.807) is 0 Å². The highest BCUT2D eigenvalue weighted by molar-refractivity contribution is 5.33. The zero-order chi connectivity index (χ0) is 13.7. The molecular formula is C16H26N2O. The van der Waals surface area contributed by atoms with Crippen LogP contribution >= 0.6 is 0 Å². The highest BCUT2D eigenvalue weighted by Crippen LogP contribution is 2.19. The Balaban J connectivity index is 1.85. The number of likely N-dealkylation sites (tertiary alicyclic amines) is 1. The van der Waals surface area contributed by atoms with Gasteiger partial charge in [-0.3, -0.25) is 0 Å². The van der Waals surface area contributed by atoms with Crippen molar-refractivity contribution in [2.45, 2.75) is 45.4 Å². The number of likely N-dealkylation sites (N-methyl/N-ethyl adjacent to an activating group) is 1. The average Bonchev–Trinajstić information content (AvgIpc) is 2.77. The third-order valence-corrected chi connectivity index (χ3v) is 3.70. The van der Waals surface area contributed by atoms with Crippen molar-refractivity contribution in [3.8, 4) is 5.75 Å². The number of benzene rings is 1. The lowest BCUT2D eigenvalue weighted by Crippen LogP contribution is -2.35. The molecule has 3 nitrogen and oxygen atoms in total. The zero-order valence-corrected chi connectivity index (χ0v) is 12.4. The smallest absolute Gasteiger partial charge is 0.124 e. The van der Waals surface area contributed by atoms with Gasteiger partial charge in [0.05, 0.1) is 6.10 Å². The van der Waals surface area contributed by atoms with E-state index in [1.165, 1.54) is 24.9 Å². The molecule has 1 aromatic carbocycles. The van der Waals surface area contributed by atoms with Crippen LogP contribution in [0.2, 0.25) is 0 Å². The van der Waals surface area contributed by atoms with Gasteiger partial charge in [0.1, 0.15) is 5.75 Å². The van der Waals surface area contributed by atoms with Gasteiger partial charge in [-0.2, -0.15) is 0 Å². The van der Waals surface area contributed by atoms with Gasteiger partial charge < -0.3 is 15.0 Å². The summed E-state index contributed by atoms with van der Waals surface area (Å²) in [7, 11) is 2.22. The van der Waals surface area contributed by atoms with Crippen LogP contribution in [0.3, 0.4) is 0 Å². The van der Waals surface area contributed by atoms with E-state index in [1.807, 2.05) is 6.07 Å². The average molecular weight is 262 g/mol. The summed E-state index contributed by atoms with van der Waals surface area (Å²) in [6.07, 6.45) is 2.87. The van der Waals surface area contributed by atoms with Gasteiger partial charge in [0, 0.05) is 24.7 Å². The fourth-order valence-corrected chi connectivity index (χ4v) is 2.63. The minimum absolute atomic E-state index is 0.224. The van der Waals surface area contributed by atoms with Gasteiger partial charge in [0.2, 0.25) is 0 Å². The Bertz CT molecular complexity index is 392. The lowest BCUT2D eigenvalue weighted by molar-refractivity contribution is 0.239. The van der Waals surface area contributed by atoms with Crippen LogP contribution in [-0.2, 0) is 6.54 Å². The first-order valence-corrected chi connectivity index (χ1v) is 7.32. The van der Waals surface area contributed by atoms with Crippen molar-refractivity contribution >= 4 is 0 Å². The molecule has 0 bridgehead atoms. The van der Waals surface area contributed by atoms with E-state index in [9.17, 15) is 0 Å². The first-order valence-electron chi connectivity index (χ1n) is 7.32. The summed E-state index contributed by atoms with van der Waals surface area (Å²) in [6.45, 7) is 7.31. The van der Waals surface area contributed by atoms with Gasteiger partial charge in [0.15, 0.2) is 0 Å². The lowest BCUT2D eigenvalue weighted by Gasteiger charge is -2.20. The standard InChI is InChI=1S/C16H26N2O/c1-13(2)19-16-9-5-4-7-14(16)11-17-12-15-8-6-10-18(15)3/h4-5,7,9,13,15,17H,6,8,10-12H2,1-3H3. The topological polar surface area (TPSA) is 24.5 Å². The van der Waals surface area contributed by atoms with E-state index in [0.29, 0.717) is 6.04 Å². The highest BCUT2D eigenvalue weighted by atomic mass is 16.5. The molecule has 1 N–H and O–H groups in total. The molecule has 1 heterocycles. The van der Waals surface area contributed by atoms with Crippen LogP contribution in [0.4, 0.5) is 0 Å². The van der Waals surface area contributed by atoms with E-state index < -0.39 is 0 Å². The van der Waals surface area contributed by atoms with Gasteiger partial charge in [-0.05, 0) is 46.3 Å². The van der Waals surface area contributed by atoms with Gasteiger partial charge in [-0.25, -0.2) is 0 Å². The van der Waals surface area contributed by atoms with Crippen LogP contribution in [0.1, 0.15) is 32.3 Å². The maximum atomic E-state index is 5.84. The van der Waals surface area contributed by atoms with Crippen molar-refractivity contribution in [3.63, 3.8) is 0 Å². The van der Waals surface area contributed by atoms with Crippen molar-refractivity contribution in [2.24, 2.45) is 0 Å². The summed E-state index contributed by atoms with van der Waals surface area (Å²) in [5.41, 5.74) is 1.25. The molecule has 3 heteroatoms. The Kier molecular flexibility index (Phi) is 5.23. The third kappa shape index (κ3) is 4.22. The molecule has 19 heavy (non-hydrogen) atoms. The number of hydrogen-bond donors (Lipinski definition) is 1. The van der Waals surface area contributed by atoms with Crippen LogP contribution in [0.5, 0.6) is 5.75 Å². The minimum atomic E-state index is 0.224. The second kappa shape index (κ2) is 6.92. The predicted molar refractivity (Wildman–Crippen MR) is 79.6 cm³/mol. The molecule has 1 aliphatic rings. The Morgan fingerprint density at radius 1 is 1.37 bits per heavy atom. The molecule has 2 rings (SSSR count). The van der Waals surface area contributed by atoms with Crippen LogP contribution in [-0.4, -0.2) is 37.2 Å². The molecule has 106 valence electrons. The maximum absolute atomic E-state index is 5.84. The van der Waals surface area contributed by atoms with Gasteiger partial charge in [0.25, 0.3) is 0 Å². The number of rotatable bonds is 6. The van der Waals surface area contributed by atoms with E-state index in [-0.39, 0.29) is 6.10 Å². The second-order valence-corrected chi connectivity index (χ2v) is 5.68. The van der Waals surface area contributed by atoms with E-state index in [4.69, 9.17) is 4.74 Å². The largest absolute Gasteiger partial charge is 0.491 e. The Morgan fingerprint density at radius 3 is 2.84 bits per heavy atom. The molecule has 1 fully saturated rings. The van der Waals surface area contributed by atoms with Crippen molar-refractivity contribution in [1.82, 2.24) is 10.2 Å².